The van der Waals surface area contributed by atoms with Gasteiger partial charge in [0, 0.05) is 41.9 Å². The van der Waals surface area contributed by atoms with Crippen LogP contribution >= 0.6 is 23.2 Å². The van der Waals surface area contributed by atoms with Gasteiger partial charge in [0.2, 0.25) is 0 Å². The summed E-state index contributed by atoms with van der Waals surface area (Å²) >= 11 is 12.3. The lowest BCUT2D eigenvalue weighted by atomic mass is 9.96. The third-order valence-corrected chi connectivity index (χ3v) is 6.63. The third kappa shape index (κ3) is 5.35. The number of anilines is 4. The Morgan fingerprint density at radius 2 is 1.34 bits per heavy atom. The van der Waals surface area contributed by atoms with Crippen molar-refractivity contribution in [3.05, 3.63) is 106 Å². The fourth-order valence-corrected chi connectivity index (χ4v) is 5.10. The summed E-state index contributed by atoms with van der Waals surface area (Å²) in [5.41, 5.74) is 10.3. The lowest BCUT2D eigenvalue weighted by Gasteiger charge is -2.40. The Balaban J connectivity index is 1.34. The summed E-state index contributed by atoms with van der Waals surface area (Å²) < 4.78 is 0. The van der Waals surface area contributed by atoms with Gasteiger partial charge in [0.05, 0.1) is 6.04 Å². The van der Waals surface area contributed by atoms with Crippen LogP contribution in [0.15, 0.2) is 85.2 Å². The average Bonchev–Trinajstić information content (AvgIpc) is 2.87. The molecule has 0 atom stereocenters. The van der Waals surface area contributed by atoms with Gasteiger partial charge in [-0.25, -0.2) is 9.97 Å². The Labute approximate surface area is 215 Å². The van der Waals surface area contributed by atoms with Gasteiger partial charge < -0.3 is 16.0 Å². The van der Waals surface area contributed by atoms with Crippen LogP contribution in [0.25, 0.3) is 0 Å². The smallest absolute Gasteiger partial charge is 0.159 e. The largest absolute Gasteiger partial charge is 0.393 e. The number of benzene rings is 3. The summed E-state index contributed by atoms with van der Waals surface area (Å²) in [4.78, 5) is 13.6. The van der Waals surface area contributed by atoms with Crippen molar-refractivity contribution in [3.63, 3.8) is 0 Å². The van der Waals surface area contributed by atoms with E-state index in [9.17, 15) is 0 Å². The van der Waals surface area contributed by atoms with Crippen LogP contribution in [-0.4, -0.2) is 41.0 Å². The number of nitrogens with one attached hydrogen (secondary N) is 1. The van der Waals surface area contributed by atoms with E-state index in [4.69, 9.17) is 28.9 Å². The maximum absolute atomic E-state index is 6.51. The predicted octanol–water partition coefficient (Wildman–Crippen LogP) is 6.02. The normalized spacial score (nSPS) is 14.3. The fraction of sp³-hybridized carbons (Fsp3) is 0.185. The van der Waals surface area contributed by atoms with Gasteiger partial charge >= 0.3 is 0 Å². The van der Waals surface area contributed by atoms with Gasteiger partial charge in [-0.3, -0.25) is 4.90 Å². The Bertz CT molecular complexity index is 1220. The number of hydrogen-bond acceptors (Lipinski definition) is 6. The Kier molecular flexibility index (Phi) is 7.04. The molecule has 0 amide bonds. The van der Waals surface area contributed by atoms with Gasteiger partial charge in [-0.15, -0.1) is 0 Å². The van der Waals surface area contributed by atoms with E-state index >= 15 is 0 Å². The molecule has 0 radical (unpaired) electrons. The molecule has 5 rings (SSSR count). The maximum Gasteiger partial charge on any atom is 0.159 e. The number of nitrogens with zero attached hydrogens (tertiary/aromatic N) is 4. The standard InChI is InChI=1S/C27H26Cl2N6/c28-21-15-22(29)17-23(16-21)33-26-24(30)27(32-18-31-26)35-13-11-34(12-14-35)25(19-7-3-1-4-8-19)20-9-5-2-6-10-20/h1-10,15-18,25H,11-14,30H2,(H,31,32,33). The maximum atomic E-state index is 6.51. The van der Waals surface area contributed by atoms with Gasteiger partial charge in [-0.2, -0.15) is 0 Å². The van der Waals surface area contributed by atoms with Gasteiger partial charge in [-0.1, -0.05) is 83.9 Å². The molecule has 0 aliphatic carbocycles. The molecule has 0 unspecified atom stereocenters. The van der Waals surface area contributed by atoms with Crippen LogP contribution in [0.3, 0.4) is 0 Å². The minimum atomic E-state index is 0.201. The monoisotopic (exact) mass is 504 g/mol. The SMILES string of the molecule is Nc1c(Nc2cc(Cl)cc(Cl)c2)ncnc1N1CCN(C(c2ccccc2)c2ccccc2)CC1. The summed E-state index contributed by atoms with van der Waals surface area (Å²) in [6.07, 6.45) is 1.53. The molecule has 2 heterocycles. The molecule has 8 heteroatoms. The highest BCUT2D eigenvalue weighted by molar-refractivity contribution is 6.35. The van der Waals surface area contributed by atoms with E-state index in [0.717, 1.165) is 37.7 Å². The van der Waals surface area contributed by atoms with Crippen LogP contribution in [-0.2, 0) is 0 Å². The van der Waals surface area contributed by atoms with Gasteiger partial charge in [0.1, 0.15) is 12.0 Å². The van der Waals surface area contributed by atoms with Crippen LogP contribution in [0.4, 0.5) is 23.0 Å². The van der Waals surface area contributed by atoms with E-state index in [2.05, 4.69) is 85.7 Å². The molecule has 1 aromatic heterocycles. The van der Waals surface area contributed by atoms with Crippen molar-refractivity contribution in [1.82, 2.24) is 14.9 Å². The molecule has 6 nitrogen and oxygen atoms in total. The van der Waals surface area contributed by atoms with E-state index in [1.54, 1.807) is 18.2 Å². The molecule has 178 valence electrons. The molecule has 0 bridgehead atoms. The minimum Gasteiger partial charge on any atom is -0.393 e. The van der Waals surface area contributed by atoms with Gasteiger partial charge in [0.15, 0.2) is 11.6 Å². The lowest BCUT2D eigenvalue weighted by Crippen LogP contribution is -2.48. The van der Waals surface area contributed by atoms with E-state index in [-0.39, 0.29) is 6.04 Å². The number of hydrogen-bond donors (Lipinski definition) is 2. The second-order valence-electron chi connectivity index (χ2n) is 8.49. The molecule has 1 fully saturated rings. The highest BCUT2D eigenvalue weighted by Gasteiger charge is 2.28. The van der Waals surface area contributed by atoms with E-state index in [0.29, 0.717) is 21.6 Å². The zero-order chi connectivity index (χ0) is 24.2. The van der Waals surface area contributed by atoms with Crippen LogP contribution in [0.5, 0.6) is 0 Å². The summed E-state index contributed by atoms with van der Waals surface area (Å²) in [5, 5.41) is 4.30. The molecular formula is C27H26Cl2N6. The van der Waals surface area contributed by atoms with Crippen molar-refractivity contribution in [2.75, 3.05) is 42.1 Å². The van der Waals surface area contributed by atoms with Crippen LogP contribution in [0.1, 0.15) is 17.2 Å². The predicted molar refractivity (Wildman–Crippen MR) is 145 cm³/mol. The van der Waals surface area contributed by atoms with E-state index in [1.807, 2.05) is 0 Å². The highest BCUT2D eigenvalue weighted by Crippen LogP contribution is 2.33. The van der Waals surface area contributed by atoms with Crippen molar-refractivity contribution in [2.45, 2.75) is 6.04 Å². The summed E-state index contributed by atoms with van der Waals surface area (Å²) in [6.45, 7) is 3.37. The van der Waals surface area contributed by atoms with E-state index < -0.39 is 0 Å². The van der Waals surface area contributed by atoms with E-state index in [1.165, 1.54) is 17.5 Å². The molecule has 1 saturated heterocycles. The van der Waals surface area contributed by atoms with Crippen molar-refractivity contribution in [2.24, 2.45) is 0 Å². The fourth-order valence-electron chi connectivity index (χ4n) is 4.58. The van der Waals surface area contributed by atoms with Crippen LogP contribution in [0, 0.1) is 0 Å². The Morgan fingerprint density at radius 3 is 1.91 bits per heavy atom. The summed E-state index contributed by atoms with van der Waals surface area (Å²) in [7, 11) is 0. The number of aromatic nitrogens is 2. The highest BCUT2D eigenvalue weighted by atomic mass is 35.5. The quantitative estimate of drug-likeness (QED) is 0.334. The van der Waals surface area contributed by atoms with Crippen molar-refractivity contribution in [3.8, 4) is 0 Å². The van der Waals surface area contributed by atoms with Crippen LogP contribution < -0.4 is 16.0 Å². The van der Waals surface area contributed by atoms with Crippen molar-refractivity contribution in [1.29, 1.82) is 0 Å². The molecule has 0 saturated carbocycles. The zero-order valence-corrected chi connectivity index (χ0v) is 20.6. The Hall–Kier alpha value is -3.32. The first-order valence-electron chi connectivity index (χ1n) is 11.5. The third-order valence-electron chi connectivity index (χ3n) is 6.20. The first-order valence-corrected chi connectivity index (χ1v) is 12.3. The molecule has 35 heavy (non-hydrogen) atoms. The summed E-state index contributed by atoms with van der Waals surface area (Å²) in [5.74, 6) is 1.26. The Morgan fingerprint density at radius 1 is 0.771 bits per heavy atom. The molecule has 3 aromatic carbocycles. The second-order valence-corrected chi connectivity index (χ2v) is 9.36. The first kappa shape index (κ1) is 23.4. The molecular weight excluding hydrogens is 479 g/mol. The second kappa shape index (κ2) is 10.5. The number of piperazine rings is 1. The summed E-state index contributed by atoms with van der Waals surface area (Å²) in [6, 6.07) is 26.8. The number of nitrogens with two attached hydrogens (primary N) is 1. The molecule has 1 aliphatic heterocycles. The minimum absolute atomic E-state index is 0.201. The van der Waals surface area contributed by atoms with Gasteiger partial charge in [-0.05, 0) is 29.3 Å². The molecule has 0 spiro atoms. The number of rotatable bonds is 6. The number of halogens is 2. The lowest BCUT2D eigenvalue weighted by molar-refractivity contribution is 0.212. The molecule has 3 N–H and O–H groups in total. The zero-order valence-electron chi connectivity index (χ0n) is 19.1. The van der Waals surface area contributed by atoms with Crippen molar-refractivity contribution >= 4 is 46.2 Å². The van der Waals surface area contributed by atoms with Crippen LogP contribution in [0.2, 0.25) is 10.0 Å². The average molecular weight is 505 g/mol. The van der Waals surface area contributed by atoms with Gasteiger partial charge in [0.25, 0.3) is 0 Å². The topological polar surface area (TPSA) is 70.3 Å². The molecule has 4 aromatic rings. The van der Waals surface area contributed by atoms with Crippen molar-refractivity contribution < 1.29 is 0 Å². The number of nitrogen functional groups attached to an aromatic ring is 1. The first-order chi connectivity index (χ1) is 17.1. The molecule has 1 aliphatic rings.